The smallest absolute Gasteiger partial charge is 0.326 e. The van der Waals surface area contributed by atoms with Gasteiger partial charge in [0.05, 0.1) is 5.56 Å². The van der Waals surface area contributed by atoms with E-state index in [1.54, 1.807) is 12.1 Å². The van der Waals surface area contributed by atoms with E-state index in [2.05, 4.69) is 4.90 Å². The SMILES string of the molecule is N[C@@H]1CCN(C2CCC(c3ccccc3C(F)(F)F)CC2)C1. The number of likely N-dealkylation sites (tertiary alicyclic amines) is 1. The fourth-order valence-electron chi connectivity index (χ4n) is 4.01. The lowest BCUT2D eigenvalue weighted by atomic mass is 9.79. The minimum absolute atomic E-state index is 0.0327. The van der Waals surface area contributed by atoms with Gasteiger partial charge in [0.15, 0.2) is 0 Å². The molecule has 0 aromatic heterocycles. The normalized spacial score (nSPS) is 30.6. The molecule has 0 amide bonds. The van der Waals surface area contributed by atoms with Crippen LogP contribution in [0.4, 0.5) is 13.2 Å². The zero-order valence-electron chi connectivity index (χ0n) is 12.6. The Labute approximate surface area is 129 Å². The van der Waals surface area contributed by atoms with Crippen LogP contribution in [0.5, 0.6) is 0 Å². The zero-order chi connectivity index (χ0) is 15.7. The molecule has 122 valence electrons. The van der Waals surface area contributed by atoms with Gasteiger partial charge in [-0.05, 0) is 49.7 Å². The van der Waals surface area contributed by atoms with Crippen LogP contribution >= 0.6 is 0 Å². The molecule has 1 saturated heterocycles. The average Bonchev–Trinajstić information content (AvgIpc) is 2.93. The highest BCUT2D eigenvalue weighted by Gasteiger charge is 2.37. The van der Waals surface area contributed by atoms with Crippen molar-refractivity contribution in [3.8, 4) is 0 Å². The summed E-state index contributed by atoms with van der Waals surface area (Å²) in [5.74, 6) is 0.0327. The van der Waals surface area contributed by atoms with Crippen molar-refractivity contribution in [2.24, 2.45) is 5.73 Å². The Balaban J connectivity index is 1.67. The molecule has 3 rings (SSSR count). The highest BCUT2D eigenvalue weighted by atomic mass is 19.4. The Bertz CT molecular complexity index is 507. The van der Waals surface area contributed by atoms with Crippen LogP contribution in [-0.2, 0) is 6.18 Å². The van der Waals surface area contributed by atoms with E-state index in [4.69, 9.17) is 5.73 Å². The van der Waals surface area contributed by atoms with Crippen LogP contribution in [0.1, 0.15) is 49.1 Å². The lowest BCUT2D eigenvalue weighted by Gasteiger charge is -2.35. The fourth-order valence-corrected chi connectivity index (χ4v) is 4.01. The minimum atomic E-state index is -4.25. The van der Waals surface area contributed by atoms with Gasteiger partial charge in [-0.2, -0.15) is 13.2 Å². The Morgan fingerprint density at radius 1 is 1.00 bits per heavy atom. The van der Waals surface area contributed by atoms with Gasteiger partial charge in [-0.25, -0.2) is 0 Å². The molecule has 2 N–H and O–H groups in total. The molecule has 1 atom stereocenters. The molecule has 0 unspecified atom stereocenters. The Morgan fingerprint density at radius 2 is 1.68 bits per heavy atom. The Morgan fingerprint density at radius 3 is 2.27 bits per heavy atom. The maximum atomic E-state index is 13.1. The molecule has 5 heteroatoms. The second-order valence-electron chi connectivity index (χ2n) is 6.63. The molecule has 0 spiro atoms. The number of rotatable bonds is 2. The number of hydrogen-bond donors (Lipinski definition) is 1. The Hall–Kier alpha value is -1.07. The largest absolute Gasteiger partial charge is 0.416 e. The van der Waals surface area contributed by atoms with Gasteiger partial charge >= 0.3 is 6.18 Å². The topological polar surface area (TPSA) is 29.3 Å². The summed E-state index contributed by atoms with van der Waals surface area (Å²) >= 11 is 0. The van der Waals surface area contributed by atoms with E-state index in [-0.39, 0.29) is 12.0 Å². The molecule has 1 saturated carbocycles. The first-order chi connectivity index (χ1) is 10.4. The van der Waals surface area contributed by atoms with Crippen LogP contribution in [0.2, 0.25) is 0 Å². The Kier molecular flexibility index (Phi) is 4.46. The standard InChI is InChI=1S/C17H23F3N2/c18-17(19,20)16-4-2-1-3-15(16)12-5-7-14(8-6-12)22-10-9-13(21)11-22/h1-4,12-14H,5-11,21H2/t12?,13-,14?/m1/s1. The molecule has 1 aromatic carbocycles. The van der Waals surface area contributed by atoms with Crippen molar-refractivity contribution in [3.63, 3.8) is 0 Å². The third kappa shape index (κ3) is 3.30. The number of halogens is 3. The second-order valence-corrected chi connectivity index (χ2v) is 6.63. The van der Waals surface area contributed by atoms with Crippen molar-refractivity contribution in [1.82, 2.24) is 4.90 Å². The van der Waals surface area contributed by atoms with Gasteiger partial charge in [-0.3, -0.25) is 4.90 Å². The maximum Gasteiger partial charge on any atom is 0.416 e. The van der Waals surface area contributed by atoms with E-state index in [0.29, 0.717) is 11.6 Å². The van der Waals surface area contributed by atoms with E-state index >= 15 is 0 Å². The maximum absolute atomic E-state index is 13.1. The molecule has 0 bridgehead atoms. The lowest BCUT2D eigenvalue weighted by Crippen LogP contribution is -2.38. The van der Waals surface area contributed by atoms with E-state index in [1.807, 2.05) is 0 Å². The predicted molar refractivity (Wildman–Crippen MR) is 80.6 cm³/mol. The van der Waals surface area contributed by atoms with E-state index in [1.165, 1.54) is 12.1 Å². The van der Waals surface area contributed by atoms with Crippen LogP contribution in [0.15, 0.2) is 24.3 Å². The average molecular weight is 312 g/mol. The third-order valence-corrected chi connectivity index (χ3v) is 5.18. The predicted octanol–water partition coefficient (Wildman–Crippen LogP) is 3.76. The summed E-state index contributed by atoms with van der Waals surface area (Å²) in [5.41, 5.74) is 5.97. The van der Waals surface area contributed by atoms with E-state index < -0.39 is 11.7 Å². The van der Waals surface area contributed by atoms with Crippen molar-refractivity contribution in [2.75, 3.05) is 13.1 Å². The van der Waals surface area contributed by atoms with Crippen molar-refractivity contribution < 1.29 is 13.2 Å². The summed E-state index contributed by atoms with van der Waals surface area (Å²) in [6.45, 7) is 1.98. The molecular weight excluding hydrogens is 289 g/mol. The second kappa shape index (κ2) is 6.20. The molecule has 2 aliphatic rings. The van der Waals surface area contributed by atoms with Gasteiger partial charge in [-0.1, -0.05) is 18.2 Å². The van der Waals surface area contributed by atoms with Crippen molar-refractivity contribution in [1.29, 1.82) is 0 Å². The summed E-state index contributed by atoms with van der Waals surface area (Å²) in [6, 6.07) is 6.83. The number of nitrogens with zero attached hydrogens (tertiary/aromatic N) is 1. The minimum Gasteiger partial charge on any atom is -0.326 e. The summed E-state index contributed by atoms with van der Waals surface area (Å²) in [4.78, 5) is 2.43. The van der Waals surface area contributed by atoms with Crippen molar-refractivity contribution in [2.45, 2.75) is 56.3 Å². The number of hydrogen-bond acceptors (Lipinski definition) is 2. The number of alkyl halides is 3. The zero-order valence-corrected chi connectivity index (χ0v) is 12.6. The van der Waals surface area contributed by atoms with Crippen molar-refractivity contribution in [3.05, 3.63) is 35.4 Å². The van der Waals surface area contributed by atoms with Gasteiger partial charge in [0.1, 0.15) is 0 Å². The first-order valence-corrected chi connectivity index (χ1v) is 8.11. The molecule has 2 fully saturated rings. The highest BCUT2D eigenvalue weighted by Crippen LogP contribution is 2.41. The number of benzene rings is 1. The molecule has 1 aliphatic carbocycles. The molecule has 1 heterocycles. The quantitative estimate of drug-likeness (QED) is 0.901. The van der Waals surface area contributed by atoms with E-state index in [0.717, 1.165) is 45.2 Å². The van der Waals surface area contributed by atoms with Crippen LogP contribution in [0, 0.1) is 0 Å². The molecule has 1 aliphatic heterocycles. The van der Waals surface area contributed by atoms with Gasteiger partial charge in [0, 0.05) is 25.2 Å². The molecule has 1 aromatic rings. The first kappa shape index (κ1) is 15.8. The van der Waals surface area contributed by atoms with Gasteiger partial charge in [-0.15, -0.1) is 0 Å². The molecule has 22 heavy (non-hydrogen) atoms. The van der Waals surface area contributed by atoms with Crippen molar-refractivity contribution >= 4 is 0 Å². The highest BCUT2D eigenvalue weighted by molar-refractivity contribution is 5.33. The summed E-state index contributed by atoms with van der Waals surface area (Å²) in [7, 11) is 0. The van der Waals surface area contributed by atoms with Gasteiger partial charge < -0.3 is 5.73 Å². The molecule has 2 nitrogen and oxygen atoms in total. The van der Waals surface area contributed by atoms with Crippen LogP contribution < -0.4 is 5.73 Å². The summed E-state index contributed by atoms with van der Waals surface area (Å²) in [6.07, 6.45) is 0.409. The molecular formula is C17H23F3N2. The third-order valence-electron chi connectivity index (χ3n) is 5.18. The van der Waals surface area contributed by atoms with Crippen LogP contribution in [0.3, 0.4) is 0 Å². The summed E-state index contributed by atoms with van der Waals surface area (Å²) in [5, 5.41) is 0. The van der Waals surface area contributed by atoms with Gasteiger partial charge in [0.25, 0.3) is 0 Å². The molecule has 0 radical (unpaired) electrons. The van der Waals surface area contributed by atoms with Gasteiger partial charge in [0.2, 0.25) is 0 Å². The van der Waals surface area contributed by atoms with E-state index in [9.17, 15) is 13.2 Å². The fraction of sp³-hybridized carbons (Fsp3) is 0.647. The summed E-state index contributed by atoms with van der Waals surface area (Å²) < 4.78 is 39.4. The van der Waals surface area contributed by atoms with Crippen LogP contribution in [-0.4, -0.2) is 30.1 Å². The monoisotopic (exact) mass is 312 g/mol. The number of nitrogens with two attached hydrogens (primary N) is 1. The first-order valence-electron chi connectivity index (χ1n) is 8.11. The lowest BCUT2D eigenvalue weighted by molar-refractivity contribution is -0.138. The van der Waals surface area contributed by atoms with Crippen LogP contribution in [0.25, 0.3) is 0 Å².